The number of hydrogen-bond donors (Lipinski definition) is 2. The second kappa shape index (κ2) is 6.82. The summed E-state index contributed by atoms with van der Waals surface area (Å²) >= 11 is 1.42. The Bertz CT molecular complexity index is 700. The van der Waals surface area contributed by atoms with Gasteiger partial charge in [-0.1, -0.05) is 18.2 Å². The first-order valence-corrected chi connectivity index (χ1v) is 9.00. The number of nitrogens with one attached hydrogen (secondary N) is 1. The Kier molecular flexibility index (Phi) is 5.08. The number of aromatic nitrogens is 1. The number of nitrogen functional groups attached to an aromatic ring is 1. The van der Waals surface area contributed by atoms with Crippen LogP contribution in [-0.2, 0) is 10.0 Å². The number of anilines is 2. The van der Waals surface area contributed by atoms with Crippen molar-refractivity contribution >= 4 is 33.3 Å². The van der Waals surface area contributed by atoms with E-state index in [4.69, 9.17) is 5.73 Å². The zero-order chi connectivity index (χ0) is 15.3. The highest BCUT2D eigenvalue weighted by atomic mass is 32.2. The smallest absolute Gasteiger partial charge is 0.234 e. The second-order valence-corrected chi connectivity index (χ2v) is 7.51. The van der Waals surface area contributed by atoms with Crippen molar-refractivity contribution in [3.63, 3.8) is 0 Å². The highest BCUT2D eigenvalue weighted by molar-refractivity contribution is 8.01. The van der Waals surface area contributed by atoms with E-state index in [1.54, 1.807) is 18.3 Å². The third kappa shape index (κ3) is 4.95. The fourth-order valence-electron chi connectivity index (χ4n) is 1.61. The zero-order valence-electron chi connectivity index (χ0n) is 11.6. The van der Waals surface area contributed by atoms with E-state index in [9.17, 15) is 8.42 Å². The Morgan fingerprint density at radius 3 is 2.67 bits per heavy atom. The van der Waals surface area contributed by atoms with Crippen LogP contribution in [0.4, 0.5) is 11.5 Å². The van der Waals surface area contributed by atoms with Crippen LogP contribution in [0.5, 0.6) is 0 Å². The number of nitrogens with zero attached hydrogens (tertiary/aromatic N) is 1. The van der Waals surface area contributed by atoms with Gasteiger partial charge in [0.05, 0.1) is 5.75 Å². The van der Waals surface area contributed by atoms with Gasteiger partial charge in [0.25, 0.3) is 0 Å². The van der Waals surface area contributed by atoms with E-state index in [-0.39, 0.29) is 5.75 Å². The first-order valence-electron chi connectivity index (χ1n) is 6.37. The highest BCUT2D eigenvalue weighted by Gasteiger charge is 2.11. The van der Waals surface area contributed by atoms with Gasteiger partial charge in [0.2, 0.25) is 10.0 Å². The van der Waals surface area contributed by atoms with Gasteiger partial charge in [-0.2, -0.15) is 0 Å². The molecule has 0 radical (unpaired) electrons. The standard InChI is InChI=1S/C14H17N3O2S2/c1-11-6-7-14(16-10-11)17-21(18,19)9-8-20-13-5-3-2-4-12(13)15/h2-7,10H,8-9,15H2,1H3,(H,16,17). The minimum absolute atomic E-state index is 0.00155. The predicted molar refractivity (Wildman–Crippen MR) is 88.0 cm³/mol. The molecule has 2 aromatic rings. The molecule has 0 saturated heterocycles. The summed E-state index contributed by atoms with van der Waals surface area (Å²) in [5, 5.41) is 0. The Morgan fingerprint density at radius 2 is 2.00 bits per heavy atom. The lowest BCUT2D eigenvalue weighted by atomic mass is 10.3. The molecule has 0 saturated carbocycles. The van der Waals surface area contributed by atoms with Crippen LogP contribution in [0.3, 0.4) is 0 Å². The van der Waals surface area contributed by atoms with Crippen LogP contribution in [-0.4, -0.2) is 24.9 Å². The molecule has 7 heteroatoms. The van der Waals surface area contributed by atoms with Crippen molar-refractivity contribution in [1.82, 2.24) is 4.98 Å². The van der Waals surface area contributed by atoms with E-state index < -0.39 is 10.0 Å². The Balaban J connectivity index is 1.90. The van der Waals surface area contributed by atoms with Crippen molar-refractivity contribution in [3.8, 4) is 0 Å². The van der Waals surface area contributed by atoms with Gasteiger partial charge < -0.3 is 5.73 Å². The van der Waals surface area contributed by atoms with Crippen LogP contribution in [0.2, 0.25) is 0 Å². The molecule has 0 aliphatic rings. The first-order chi connectivity index (χ1) is 9.96. The van der Waals surface area contributed by atoms with Gasteiger partial charge in [-0.15, -0.1) is 11.8 Å². The molecule has 2 rings (SSSR count). The lowest BCUT2D eigenvalue weighted by Crippen LogP contribution is -2.18. The van der Waals surface area contributed by atoms with Gasteiger partial charge in [-0.05, 0) is 30.7 Å². The summed E-state index contributed by atoms with van der Waals surface area (Å²) in [7, 11) is -3.40. The van der Waals surface area contributed by atoms with Crippen molar-refractivity contribution in [2.45, 2.75) is 11.8 Å². The average molecular weight is 323 g/mol. The molecular formula is C14H17N3O2S2. The summed E-state index contributed by atoms with van der Waals surface area (Å²) in [6.45, 7) is 1.90. The summed E-state index contributed by atoms with van der Waals surface area (Å²) in [4.78, 5) is 4.92. The van der Waals surface area contributed by atoms with Gasteiger partial charge in [-0.3, -0.25) is 4.72 Å². The first kappa shape index (κ1) is 15.7. The maximum atomic E-state index is 12.0. The van der Waals surface area contributed by atoms with Crippen molar-refractivity contribution in [3.05, 3.63) is 48.2 Å². The van der Waals surface area contributed by atoms with Gasteiger partial charge >= 0.3 is 0 Å². The average Bonchev–Trinajstić information content (AvgIpc) is 2.43. The minimum Gasteiger partial charge on any atom is -0.398 e. The van der Waals surface area contributed by atoms with E-state index >= 15 is 0 Å². The number of thioether (sulfide) groups is 1. The largest absolute Gasteiger partial charge is 0.398 e. The number of pyridine rings is 1. The molecule has 0 bridgehead atoms. The topological polar surface area (TPSA) is 85.1 Å². The number of para-hydroxylation sites is 1. The Morgan fingerprint density at radius 1 is 1.24 bits per heavy atom. The van der Waals surface area contributed by atoms with Crippen molar-refractivity contribution in [2.24, 2.45) is 0 Å². The minimum atomic E-state index is -3.40. The van der Waals surface area contributed by atoms with E-state index in [1.165, 1.54) is 11.8 Å². The summed E-state index contributed by atoms with van der Waals surface area (Å²) in [5.74, 6) is 0.765. The molecule has 0 atom stereocenters. The SMILES string of the molecule is Cc1ccc(NS(=O)(=O)CCSc2ccccc2N)nc1. The molecule has 1 aromatic heterocycles. The van der Waals surface area contributed by atoms with Crippen molar-refractivity contribution in [2.75, 3.05) is 22.0 Å². The molecule has 0 spiro atoms. The number of rotatable bonds is 6. The van der Waals surface area contributed by atoms with Gasteiger partial charge in [0.1, 0.15) is 5.82 Å². The Hall–Kier alpha value is -1.73. The third-order valence-corrected chi connectivity index (χ3v) is 5.31. The molecule has 3 N–H and O–H groups in total. The summed E-state index contributed by atoms with van der Waals surface area (Å²) in [6.07, 6.45) is 1.62. The van der Waals surface area contributed by atoms with Crippen molar-refractivity contribution in [1.29, 1.82) is 0 Å². The highest BCUT2D eigenvalue weighted by Crippen LogP contribution is 2.24. The zero-order valence-corrected chi connectivity index (χ0v) is 13.2. The summed E-state index contributed by atoms with van der Waals surface area (Å²) in [6, 6.07) is 10.9. The molecule has 0 unspecified atom stereocenters. The van der Waals surface area contributed by atoms with E-state index in [0.29, 0.717) is 17.3 Å². The van der Waals surface area contributed by atoms with Crippen LogP contribution in [0.1, 0.15) is 5.56 Å². The number of sulfonamides is 1. The number of hydrogen-bond acceptors (Lipinski definition) is 5. The van der Waals surface area contributed by atoms with Crippen molar-refractivity contribution < 1.29 is 8.42 Å². The molecule has 21 heavy (non-hydrogen) atoms. The summed E-state index contributed by atoms with van der Waals surface area (Å²) in [5.41, 5.74) is 7.45. The molecule has 112 valence electrons. The number of benzene rings is 1. The maximum Gasteiger partial charge on any atom is 0.234 e. The molecule has 1 aromatic carbocycles. The normalized spacial score (nSPS) is 11.3. The summed E-state index contributed by atoms with van der Waals surface area (Å²) < 4.78 is 26.4. The van der Waals surface area contributed by atoms with Gasteiger partial charge in [-0.25, -0.2) is 13.4 Å². The van der Waals surface area contributed by atoms with Crippen LogP contribution >= 0.6 is 11.8 Å². The Labute approximate surface area is 129 Å². The fraction of sp³-hybridized carbons (Fsp3) is 0.214. The van der Waals surface area contributed by atoms with Crippen LogP contribution in [0, 0.1) is 6.92 Å². The maximum absolute atomic E-state index is 12.0. The van der Waals surface area contributed by atoms with Crippen LogP contribution in [0.15, 0.2) is 47.5 Å². The van der Waals surface area contributed by atoms with Gasteiger partial charge in [0.15, 0.2) is 0 Å². The van der Waals surface area contributed by atoms with Crippen LogP contribution < -0.4 is 10.5 Å². The van der Waals surface area contributed by atoms with Crippen LogP contribution in [0.25, 0.3) is 0 Å². The molecule has 0 aliphatic carbocycles. The monoisotopic (exact) mass is 323 g/mol. The fourth-order valence-corrected chi connectivity index (χ4v) is 3.99. The van der Waals surface area contributed by atoms with E-state index in [1.807, 2.05) is 31.2 Å². The second-order valence-electron chi connectivity index (χ2n) is 4.53. The molecule has 0 aliphatic heterocycles. The third-order valence-electron chi connectivity index (χ3n) is 2.70. The van der Waals surface area contributed by atoms with E-state index in [0.717, 1.165) is 10.5 Å². The predicted octanol–water partition coefficient (Wildman–Crippen LogP) is 2.51. The molecule has 0 fully saturated rings. The van der Waals surface area contributed by atoms with Gasteiger partial charge in [0, 0.05) is 22.5 Å². The molecular weight excluding hydrogens is 306 g/mol. The number of nitrogens with two attached hydrogens (primary N) is 1. The molecule has 5 nitrogen and oxygen atoms in total. The molecule has 1 heterocycles. The lowest BCUT2D eigenvalue weighted by molar-refractivity contribution is 0.602. The molecule has 0 amide bonds. The quantitative estimate of drug-likeness (QED) is 0.630. The lowest BCUT2D eigenvalue weighted by Gasteiger charge is -2.08. The number of aryl methyl sites for hydroxylation is 1. The van der Waals surface area contributed by atoms with E-state index in [2.05, 4.69) is 9.71 Å².